The fraction of sp³-hybridized carbons (Fsp3) is 0. The van der Waals surface area contributed by atoms with Crippen LogP contribution in [0.15, 0.2) is 51.3 Å². The Morgan fingerprint density at radius 1 is 1.16 bits per heavy atom. The van der Waals surface area contributed by atoms with Crippen LogP contribution in [-0.4, -0.2) is 8.42 Å². The van der Waals surface area contributed by atoms with Crippen molar-refractivity contribution in [1.29, 1.82) is 0 Å². The van der Waals surface area contributed by atoms with Gasteiger partial charge in [-0.25, -0.2) is 8.42 Å². The third-order valence-electron chi connectivity index (χ3n) is 2.52. The predicted octanol–water partition coefficient (Wildman–Crippen LogP) is 3.95. The largest absolute Gasteiger partial charge is 0.464 e. The van der Waals surface area contributed by atoms with Crippen LogP contribution in [0.5, 0.6) is 0 Å². The first-order valence-corrected chi connectivity index (χ1v) is 7.98. The highest BCUT2D eigenvalue weighted by molar-refractivity contribution is 7.94. The maximum absolute atomic E-state index is 12.1. The van der Waals surface area contributed by atoms with Gasteiger partial charge in [0.25, 0.3) is 10.0 Å². The first-order chi connectivity index (χ1) is 9.04. The summed E-state index contributed by atoms with van der Waals surface area (Å²) in [5, 5.41) is 0.837. The minimum absolute atomic E-state index is 0.185. The zero-order chi connectivity index (χ0) is 13.5. The Hall–Kier alpha value is -1.50. The summed E-state index contributed by atoms with van der Waals surface area (Å²) in [5.41, 5.74) is 1.19. The standard InChI is InChI=1S/C12H8ClNO3S2/c13-11-3-4-12(18-11)19(15,16)14-9-1-2-10-8(7-9)5-6-17-10/h1-7,14H. The van der Waals surface area contributed by atoms with Gasteiger partial charge in [0.15, 0.2) is 0 Å². The zero-order valence-electron chi connectivity index (χ0n) is 9.46. The number of thiophene rings is 1. The molecule has 0 amide bonds. The Morgan fingerprint density at radius 2 is 2.00 bits per heavy atom. The normalized spacial score (nSPS) is 11.8. The Bertz CT molecular complexity index is 835. The van der Waals surface area contributed by atoms with E-state index in [2.05, 4.69) is 4.72 Å². The average Bonchev–Trinajstić information content (AvgIpc) is 2.96. The van der Waals surface area contributed by atoms with E-state index in [9.17, 15) is 8.42 Å². The SMILES string of the molecule is O=S(=O)(Nc1ccc2occc2c1)c1ccc(Cl)s1. The second kappa shape index (κ2) is 4.56. The number of sulfonamides is 1. The average molecular weight is 314 g/mol. The lowest BCUT2D eigenvalue weighted by Gasteiger charge is -2.05. The van der Waals surface area contributed by atoms with Gasteiger partial charge in [-0.2, -0.15) is 0 Å². The van der Waals surface area contributed by atoms with Gasteiger partial charge in [0.05, 0.1) is 10.6 Å². The number of halogens is 1. The van der Waals surface area contributed by atoms with Crippen LogP contribution in [0.25, 0.3) is 11.0 Å². The molecule has 0 radical (unpaired) electrons. The lowest BCUT2D eigenvalue weighted by atomic mass is 10.2. The van der Waals surface area contributed by atoms with E-state index in [-0.39, 0.29) is 4.21 Å². The number of benzene rings is 1. The smallest absolute Gasteiger partial charge is 0.271 e. The molecule has 0 spiro atoms. The number of rotatable bonds is 3. The molecule has 0 aliphatic heterocycles. The maximum Gasteiger partial charge on any atom is 0.271 e. The van der Waals surface area contributed by atoms with Crippen LogP contribution >= 0.6 is 22.9 Å². The Morgan fingerprint density at radius 3 is 2.74 bits per heavy atom. The first kappa shape index (κ1) is 12.5. The molecule has 1 N–H and O–H groups in total. The molecule has 3 aromatic rings. The van der Waals surface area contributed by atoms with Crippen molar-refractivity contribution in [2.24, 2.45) is 0 Å². The molecule has 0 bridgehead atoms. The van der Waals surface area contributed by atoms with Crippen LogP contribution in [0.1, 0.15) is 0 Å². The second-order valence-electron chi connectivity index (χ2n) is 3.84. The Kier molecular flexibility index (Phi) is 3.00. The van der Waals surface area contributed by atoms with E-state index in [0.29, 0.717) is 15.6 Å². The van der Waals surface area contributed by atoms with Crippen molar-refractivity contribution >= 4 is 49.6 Å². The van der Waals surface area contributed by atoms with Gasteiger partial charge in [0.2, 0.25) is 0 Å². The molecule has 0 atom stereocenters. The number of hydrogen-bond acceptors (Lipinski definition) is 4. The van der Waals surface area contributed by atoms with Crippen molar-refractivity contribution in [1.82, 2.24) is 0 Å². The van der Waals surface area contributed by atoms with E-state index in [4.69, 9.17) is 16.0 Å². The highest BCUT2D eigenvalue weighted by Crippen LogP contribution is 2.28. The topological polar surface area (TPSA) is 59.3 Å². The Labute approximate surface area is 118 Å². The predicted molar refractivity (Wildman–Crippen MR) is 76.4 cm³/mol. The molecule has 0 unspecified atom stereocenters. The molecule has 0 saturated carbocycles. The lowest BCUT2D eigenvalue weighted by Crippen LogP contribution is -2.11. The quantitative estimate of drug-likeness (QED) is 0.796. The van der Waals surface area contributed by atoms with E-state index in [1.54, 1.807) is 36.6 Å². The highest BCUT2D eigenvalue weighted by Gasteiger charge is 2.16. The van der Waals surface area contributed by atoms with Gasteiger partial charge in [-0.3, -0.25) is 4.72 Å². The minimum Gasteiger partial charge on any atom is -0.464 e. The molecule has 98 valence electrons. The first-order valence-electron chi connectivity index (χ1n) is 5.30. The third kappa shape index (κ3) is 2.47. The van der Waals surface area contributed by atoms with Gasteiger partial charge in [0.1, 0.15) is 9.79 Å². The van der Waals surface area contributed by atoms with E-state index in [0.717, 1.165) is 16.7 Å². The summed E-state index contributed by atoms with van der Waals surface area (Å²) in [7, 11) is -3.59. The van der Waals surface area contributed by atoms with Crippen LogP contribution in [-0.2, 0) is 10.0 Å². The molecule has 1 aromatic carbocycles. The summed E-state index contributed by atoms with van der Waals surface area (Å²) in [5.74, 6) is 0. The fourth-order valence-corrected chi connectivity index (χ4v) is 4.21. The molecule has 7 heteroatoms. The van der Waals surface area contributed by atoms with Crippen molar-refractivity contribution in [2.75, 3.05) is 4.72 Å². The van der Waals surface area contributed by atoms with Gasteiger partial charge in [-0.15, -0.1) is 11.3 Å². The summed E-state index contributed by atoms with van der Waals surface area (Å²) in [6, 6.07) is 9.89. The molecule has 4 nitrogen and oxygen atoms in total. The monoisotopic (exact) mass is 313 g/mol. The third-order valence-corrected chi connectivity index (χ3v) is 5.62. The molecule has 2 aromatic heterocycles. The van der Waals surface area contributed by atoms with E-state index in [1.807, 2.05) is 0 Å². The Balaban J connectivity index is 1.95. The van der Waals surface area contributed by atoms with Crippen molar-refractivity contribution in [3.05, 3.63) is 47.0 Å². The number of nitrogens with one attached hydrogen (secondary N) is 1. The molecule has 0 fully saturated rings. The van der Waals surface area contributed by atoms with Crippen LogP contribution < -0.4 is 4.72 Å². The summed E-state index contributed by atoms with van der Waals surface area (Å²) in [4.78, 5) is 0. The molecule has 0 saturated heterocycles. The number of furan rings is 1. The fourth-order valence-electron chi connectivity index (χ4n) is 1.68. The number of fused-ring (bicyclic) bond motifs is 1. The van der Waals surface area contributed by atoms with E-state index in [1.165, 1.54) is 6.07 Å². The van der Waals surface area contributed by atoms with Crippen LogP contribution in [0, 0.1) is 0 Å². The number of hydrogen-bond donors (Lipinski definition) is 1. The van der Waals surface area contributed by atoms with Gasteiger partial charge < -0.3 is 4.42 Å². The molecular formula is C12H8ClNO3S2. The van der Waals surface area contributed by atoms with Crippen LogP contribution in [0.3, 0.4) is 0 Å². The van der Waals surface area contributed by atoms with Gasteiger partial charge >= 0.3 is 0 Å². The van der Waals surface area contributed by atoms with Gasteiger partial charge in [-0.05, 0) is 36.4 Å². The van der Waals surface area contributed by atoms with E-state index >= 15 is 0 Å². The lowest BCUT2D eigenvalue weighted by molar-refractivity contribution is 0.603. The maximum atomic E-state index is 12.1. The summed E-state index contributed by atoms with van der Waals surface area (Å²) in [6.07, 6.45) is 1.56. The molecule has 0 aliphatic carbocycles. The van der Waals surface area contributed by atoms with Crippen molar-refractivity contribution < 1.29 is 12.8 Å². The second-order valence-corrected chi connectivity index (χ2v) is 7.46. The van der Waals surface area contributed by atoms with Gasteiger partial charge in [-0.1, -0.05) is 11.6 Å². The van der Waals surface area contributed by atoms with Crippen molar-refractivity contribution in [3.63, 3.8) is 0 Å². The van der Waals surface area contributed by atoms with E-state index < -0.39 is 10.0 Å². The molecule has 2 heterocycles. The van der Waals surface area contributed by atoms with Crippen LogP contribution in [0.4, 0.5) is 5.69 Å². The summed E-state index contributed by atoms with van der Waals surface area (Å²) < 4.78 is 32.5. The van der Waals surface area contributed by atoms with Gasteiger partial charge in [0, 0.05) is 11.1 Å². The minimum atomic E-state index is -3.59. The molecular weight excluding hydrogens is 306 g/mol. The summed E-state index contributed by atoms with van der Waals surface area (Å²) >= 11 is 6.76. The van der Waals surface area contributed by atoms with Crippen molar-refractivity contribution in [2.45, 2.75) is 4.21 Å². The molecule has 3 rings (SSSR count). The highest BCUT2D eigenvalue weighted by atomic mass is 35.5. The summed E-state index contributed by atoms with van der Waals surface area (Å²) in [6.45, 7) is 0. The zero-order valence-corrected chi connectivity index (χ0v) is 11.8. The molecule has 19 heavy (non-hydrogen) atoms. The van der Waals surface area contributed by atoms with Crippen LogP contribution in [0.2, 0.25) is 4.34 Å². The van der Waals surface area contributed by atoms with Crippen molar-refractivity contribution in [3.8, 4) is 0 Å². The number of anilines is 1. The molecule has 0 aliphatic rings.